The van der Waals surface area contributed by atoms with Crippen molar-refractivity contribution >= 4 is 5.96 Å². The molecule has 1 atom stereocenters. The van der Waals surface area contributed by atoms with E-state index >= 15 is 0 Å². The van der Waals surface area contributed by atoms with Gasteiger partial charge in [-0.2, -0.15) is 0 Å². The SMILES string of the molecule is CC(C)C(C)NC(N)=NC1CCCCC1. The monoisotopic (exact) mass is 211 g/mol. The fourth-order valence-electron chi connectivity index (χ4n) is 1.84. The Bertz CT molecular complexity index is 205. The summed E-state index contributed by atoms with van der Waals surface area (Å²) < 4.78 is 0. The summed E-state index contributed by atoms with van der Waals surface area (Å²) >= 11 is 0. The van der Waals surface area contributed by atoms with Crippen LogP contribution in [0.3, 0.4) is 0 Å². The van der Waals surface area contributed by atoms with E-state index in [2.05, 4.69) is 31.1 Å². The Hall–Kier alpha value is -0.730. The van der Waals surface area contributed by atoms with Crippen LogP contribution in [-0.4, -0.2) is 18.0 Å². The van der Waals surface area contributed by atoms with E-state index in [-0.39, 0.29) is 0 Å². The van der Waals surface area contributed by atoms with Crippen LogP contribution in [-0.2, 0) is 0 Å². The maximum Gasteiger partial charge on any atom is 0.189 e. The number of guanidine groups is 1. The van der Waals surface area contributed by atoms with Crippen molar-refractivity contribution in [2.75, 3.05) is 0 Å². The molecule has 88 valence electrons. The van der Waals surface area contributed by atoms with Crippen LogP contribution >= 0.6 is 0 Å². The highest BCUT2D eigenvalue weighted by Crippen LogP contribution is 2.19. The molecular weight excluding hydrogens is 186 g/mol. The lowest BCUT2D eigenvalue weighted by Crippen LogP contribution is -2.41. The molecule has 3 heteroatoms. The topological polar surface area (TPSA) is 50.4 Å². The average Bonchev–Trinajstić information content (AvgIpc) is 2.18. The molecule has 1 unspecified atom stereocenters. The molecule has 0 amide bonds. The van der Waals surface area contributed by atoms with Crippen LogP contribution in [0.15, 0.2) is 4.99 Å². The third-order valence-corrected chi connectivity index (χ3v) is 3.27. The van der Waals surface area contributed by atoms with Gasteiger partial charge in [0.05, 0.1) is 6.04 Å². The second-order valence-electron chi connectivity index (χ2n) is 4.98. The van der Waals surface area contributed by atoms with Crippen molar-refractivity contribution in [3.63, 3.8) is 0 Å². The number of rotatable bonds is 3. The molecule has 0 spiro atoms. The number of hydrogen-bond donors (Lipinski definition) is 2. The zero-order valence-electron chi connectivity index (χ0n) is 10.3. The molecule has 3 nitrogen and oxygen atoms in total. The first kappa shape index (κ1) is 12.3. The summed E-state index contributed by atoms with van der Waals surface area (Å²) in [7, 11) is 0. The van der Waals surface area contributed by atoms with Gasteiger partial charge < -0.3 is 11.1 Å². The summed E-state index contributed by atoms with van der Waals surface area (Å²) in [6, 6.07) is 0.864. The Balaban J connectivity index is 2.37. The largest absolute Gasteiger partial charge is 0.370 e. The fourth-order valence-corrected chi connectivity index (χ4v) is 1.84. The summed E-state index contributed by atoms with van der Waals surface area (Å²) in [5.74, 6) is 1.22. The van der Waals surface area contributed by atoms with Crippen LogP contribution in [0.1, 0.15) is 52.9 Å². The van der Waals surface area contributed by atoms with E-state index in [1.165, 1.54) is 32.1 Å². The fraction of sp³-hybridized carbons (Fsp3) is 0.917. The molecule has 0 aromatic heterocycles. The van der Waals surface area contributed by atoms with Gasteiger partial charge in [0.1, 0.15) is 0 Å². The molecule has 0 aliphatic heterocycles. The van der Waals surface area contributed by atoms with Crippen molar-refractivity contribution in [1.82, 2.24) is 5.32 Å². The number of nitrogens with two attached hydrogens (primary N) is 1. The molecule has 0 saturated heterocycles. The van der Waals surface area contributed by atoms with Gasteiger partial charge in [0.25, 0.3) is 0 Å². The minimum Gasteiger partial charge on any atom is -0.370 e. The van der Waals surface area contributed by atoms with Gasteiger partial charge in [-0.25, -0.2) is 0 Å². The number of aliphatic imine (C=N–C) groups is 1. The van der Waals surface area contributed by atoms with Crippen LogP contribution in [0.5, 0.6) is 0 Å². The number of nitrogens with one attached hydrogen (secondary N) is 1. The number of nitrogens with zero attached hydrogens (tertiary/aromatic N) is 1. The van der Waals surface area contributed by atoms with Crippen molar-refractivity contribution in [2.24, 2.45) is 16.6 Å². The third kappa shape index (κ3) is 4.54. The molecule has 0 radical (unpaired) electrons. The van der Waals surface area contributed by atoms with E-state index in [0.29, 0.717) is 24.0 Å². The maximum atomic E-state index is 5.88. The third-order valence-electron chi connectivity index (χ3n) is 3.27. The number of hydrogen-bond acceptors (Lipinski definition) is 1. The van der Waals surface area contributed by atoms with E-state index < -0.39 is 0 Å². The lowest BCUT2D eigenvalue weighted by Gasteiger charge is -2.21. The molecule has 0 bridgehead atoms. The van der Waals surface area contributed by atoms with E-state index in [1.54, 1.807) is 0 Å². The molecule has 3 N–H and O–H groups in total. The van der Waals surface area contributed by atoms with Gasteiger partial charge in [-0.15, -0.1) is 0 Å². The van der Waals surface area contributed by atoms with Crippen LogP contribution in [0.4, 0.5) is 0 Å². The van der Waals surface area contributed by atoms with Gasteiger partial charge in [-0.1, -0.05) is 33.1 Å². The molecule has 1 saturated carbocycles. The van der Waals surface area contributed by atoms with Gasteiger partial charge in [-0.3, -0.25) is 4.99 Å². The zero-order valence-corrected chi connectivity index (χ0v) is 10.3. The predicted octanol–water partition coefficient (Wildman–Crippen LogP) is 2.27. The first-order valence-corrected chi connectivity index (χ1v) is 6.19. The van der Waals surface area contributed by atoms with Gasteiger partial charge in [0, 0.05) is 6.04 Å². The van der Waals surface area contributed by atoms with Crippen LogP contribution < -0.4 is 11.1 Å². The first-order valence-electron chi connectivity index (χ1n) is 6.19. The van der Waals surface area contributed by atoms with E-state index in [4.69, 9.17) is 5.73 Å². The Labute approximate surface area is 93.5 Å². The van der Waals surface area contributed by atoms with Crippen molar-refractivity contribution in [3.05, 3.63) is 0 Å². The van der Waals surface area contributed by atoms with Crippen molar-refractivity contribution in [3.8, 4) is 0 Å². The Kier molecular flexibility index (Phi) is 4.92. The minimum absolute atomic E-state index is 0.400. The molecule has 15 heavy (non-hydrogen) atoms. The van der Waals surface area contributed by atoms with Crippen LogP contribution in [0.25, 0.3) is 0 Å². The molecule has 1 aliphatic carbocycles. The van der Waals surface area contributed by atoms with E-state index in [9.17, 15) is 0 Å². The first-order chi connectivity index (χ1) is 7.09. The Morgan fingerprint density at radius 1 is 1.20 bits per heavy atom. The van der Waals surface area contributed by atoms with Crippen molar-refractivity contribution in [1.29, 1.82) is 0 Å². The summed E-state index contributed by atoms with van der Waals surface area (Å²) in [5, 5.41) is 3.25. The standard InChI is InChI=1S/C12H25N3/c1-9(2)10(3)14-12(13)15-11-7-5-4-6-8-11/h9-11H,4-8H2,1-3H3,(H3,13,14,15). The molecule has 1 fully saturated rings. The van der Waals surface area contributed by atoms with E-state index in [0.717, 1.165) is 0 Å². The quantitative estimate of drug-likeness (QED) is 0.556. The summed E-state index contributed by atoms with van der Waals surface area (Å²) in [6.45, 7) is 6.52. The molecule has 1 aliphatic rings. The molecule has 0 aromatic carbocycles. The summed E-state index contributed by atoms with van der Waals surface area (Å²) in [4.78, 5) is 4.54. The van der Waals surface area contributed by atoms with Gasteiger partial charge in [0.15, 0.2) is 5.96 Å². The highest BCUT2D eigenvalue weighted by molar-refractivity contribution is 5.78. The normalized spacial score (nSPS) is 21.7. The summed E-state index contributed by atoms with van der Waals surface area (Å²) in [6.07, 6.45) is 6.39. The van der Waals surface area contributed by atoms with Crippen LogP contribution in [0.2, 0.25) is 0 Å². The highest BCUT2D eigenvalue weighted by atomic mass is 15.1. The van der Waals surface area contributed by atoms with Crippen LogP contribution in [0, 0.1) is 5.92 Å². The zero-order chi connectivity index (χ0) is 11.3. The smallest absolute Gasteiger partial charge is 0.189 e. The Morgan fingerprint density at radius 2 is 1.80 bits per heavy atom. The molecular formula is C12H25N3. The molecule has 1 rings (SSSR count). The van der Waals surface area contributed by atoms with Crippen molar-refractivity contribution in [2.45, 2.75) is 65.0 Å². The second-order valence-corrected chi connectivity index (χ2v) is 4.98. The lowest BCUT2D eigenvalue weighted by atomic mass is 9.96. The molecule has 0 aromatic rings. The summed E-state index contributed by atoms with van der Waals surface area (Å²) in [5.41, 5.74) is 5.88. The minimum atomic E-state index is 0.400. The maximum absolute atomic E-state index is 5.88. The van der Waals surface area contributed by atoms with Gasteiger partial charge in [-0.05, 0) is 25.7 Å². The van der Waals surface area contributed by atoms with E-state index in [1.807, 2.05) is 0 Å². The predicted molar refractivity (Wildman–Crippen MR) is 65.9 cm³/mol. The highest BCUT2D eigenvalue weighted by Gasteiger charge is 2.13. The average molecular weight is 211 g/mol. The lowest BCUT2D eigenvalue weighted by molar-refractivity contribution is 0.437. The van der Waals surface area contributed by atoms with Gasteiger partial charge in [0.2, 0.25) is 0 Å². The second kappa shape index (κ2) is 5.99. The van der Waals surface area contributed by atoms with Gasteiger partial charge >= 0.3 is 0 Å². The Morgan fingerprint density at radius 3 is 2.33 bits per heavy atom. The molecule has 0 heterocycles. The van der Waals surface area contributed by atoms with Crippen molar-refractivity contribution < 1.29 is 0 Å².